The van der Waals surface area contributed by atoms with Gasteiger partial charge in [0.25, 0.3) is 0 Å². The summed E-state index contributed by atoms with van der Waals surface area (Å²) in [6.07, 6.45) is 1.10. The third-order valence-corrected chi connectivity index (χ3v) is 2.26. The lowest BCUT2D eigenvalue weighted by molar-refractivity contribution is 0.177. The van der Waals surface area contributed by atoms with Gasteiger partial charge in [-0.25, -0.2) is 4.98 Å². The fourth-order valence-electron chi connectivity index (χ4n) is 1.35. The first-order valence-corrected chi connectivity index (χ1v) is 5.80. The van der Waals surface area contributed by atoms with Crippen LogP contribution in [-0.2, 0) is 11.3 Å². The van der Waals surface area contributed by atoms with Crippen molar-refractivity contribution >= 4 is 5.82 Å². The minimum Gasteiger partial charge on any atom is -0.481 e. The van der Waals surface area contributed by atoms with Gasteiger partial charge >= 0.3 is 0 Å². The molecule has 5 nitrogen and oxygen atoms in total. The second-order valence-electron chi connectivity index (χ2n) is 4.25. The number of ether oxygens (including phenoxy) is 2. The van der Waals surface area contributed by atoms with Crippen molar-refractivity contribution < 1.29 is 9.47 Å². The molecule has 1 rings (SSSR count). The lowest BCUT2D eigenvalue weighted by Gasteiger charge is -2.10. The highest BCUT2D eigenvalue weighted by Gasteiger charge is 2.04. The fraction of sp³-hybridized carbons (Fsp3) is 0.667. The Morgan fingerprint density at radius 2 is 2.06 bits per heavy atom. The lowest BCUT2D eigenvalue weighted by Crippen LogP contribution is -2.09. The summed E-state index contributed by atoms with van der Waals surface area (Å²) >= 11 is 0. The lowest BCUT2D eigenvalue weighted by atomic mass is 10.1. The van der Waals surface area contributed by atoms with Crippen molar-refractivity contribution in [1.29, 1.82) is 0 Å². The molecule has 0 bridgehead atoms. The van der Waals surface area contributed by atoms with E-state index in [0.717, 1.165) is 18.8 Å². The van der Waals surface area contributed by atoms with Gasteiger partial charge in [-0.3, -0.25) is 0 Å². The number of nitrogens with zero attached hydrogens (tertiary/aromatic N) is 2. The van der Waals surface area contributed by atoms with Crippen molar-refractivity contribution in [3.63, 3.8) is 0 Å². The molecule has 0 unspecified atom stereocenters. The second-order valence-corrected chi connectivity index (χ2v) is 4.25. The van der Waals surface area contributed by atoms with E-state index in [4.69, 9.17) is 9.47 Å². The molecule has 1 aromatic heterocycles. The molecule has 0 fully saturated rings. The van der Waals surface area contributed by atoms with Crippen molar-refractivity contribution in [3.05, 3.63) is 11.9 Å². The van der Waals surface area contributed by atoms with Gasteiger partial charge < -0.3 is 14.8 Å². The van der Waals surface area contributed by atoms with Gasteiger partial charge in [-0.05, 0) is 12.3 Å². The summed E-state index contributed by atoms with van der Waals surface area (Å²) in [6, 6.07) is 1.79. The van der Waals surface area contributed by atoms with Crippen molar-refractivity contribution in [3.8, 4) is 5.88 Å². The van der Waals surface area contributed by atoms with Crippen LogP contribution in [0.1, 0.15) is 26.1 Å². The topological polar surface area (TPSA) is 56.3 Å². The van der Waals surface area contributed by atoms with Crippen LogP contribution >= 0.6 is 0 Å². The minimum atomic E-state index is 0.385. The molecule has 0 amide bonds. The zero-order chi connectivity index (χ0) is 12.7. The van der Waals surface area contributed by atoms with Gasteiger partial charge in [0.2, 0.25) is 5.88 Å². The first-order valence-electron chi connectivity index (χ1n) is 5.80. The van der Waals surface area contributed by atoms with Gasteiger partial charge in [-0.1, -0.05) is 13.8 Å². The first kappa shape index (κ1) is 13.7. The monoisotopic (exact) mass is 239 g/mol. The average Bonchev–Trinajstić information content (AvgIpc) is 2.28. The maximum absolute atomic E-state index is 5.12. The Bertz CT molecular complexity index is 343. The Kier molecular flexibility index (Phi) is 5.69. The summed E-state index contributed by atoms with van der Waals surface area (Å²) < 4.78 is 10.1. The van der Waals surface area contributed by atoms with E-state index in [0.29, 0.717) is 24.2 Å². The minimum absolute atomic E-state index is 0.385. The number of anilines is 1. The molecule has 0 aliphatic rings. The largest absolute Gasteiger partial charge is 0.481 e. The molecule has 0 spiro atoms. The Morgan fingerprint density at radius 3 is 2.65 bits per heavy atom. The van der Waals surface area contributed by atoms with E-state index in [1.165, 1.54) is 0 Å². The van der Waals surface area contributed by atoms with Crippen molar-refractivity contribution in [2.75, 3.05) is 26.1 Å². The average molecular weight is 239 g/mol. The molecular weight excluding hydrogens is 218 g/mol. The zero-order valence-corrected chi connectivity index (χ0v) is 11.0. The molecule has 96 valence electrons. The molecule has 0 saturated heterocycles. The summed E-state index contributed by atoms with van der Waals surface area (Å²) in [5, 5.41) is 3.26. The van der Waals surface area contributed by atoms with Crippen LogP contribution < -0.4 is 10.1 Å². The van der Waals surface area contributed by atoms with Gasteiger partial charge in [0.15, 0.2) is 5.82 Å². The smallest absolute Gasteiger partial charge is 0.218 e. The fourth-order valence-corrected chi connectivity index (χ4v) is 1.35. The number of aromatic nitrogens is 2. The first-order chi connectivity index (χ1) is 8.15. The van der Waals surface area contributed by atoms with Crippen molar-refractivity contribution in [1.82, 2.24) is 9.97 Å². The molecule has 1 aromatic rings. The summed E-state index contributed by atoms with van der Waals surface area (Å²) in [6.45, 7) is 5.66. The Morgan fingerprint density at radius 1 is 1.29 bits per heavy atom. The molecule has 17 heavy (non-hydrogen) atoms. The number of methoxy groups -OCH3 is 2. The third kappa shape index (κ3) is 4.99. The highest BCUT2D eigenvalue weighted by atomic mass is 16.5. The van der Waals surface area contributed by atoms with Crippen LogP contribution in [0.25, 0.3) is 0 Å². The number of hydrogen-bond donors (Lipinski definition) is 1. The molecule has 0 radical (unpaired) electrons. The van der Waals surface area contributed by atoms with E-state index in [1.54, 1.807) is 20.3 Å². The molecule has 0 aliphatic heterocycles. The maximum Gasteiger partial charge on any atom is 0.218 e. The standard InChI is InChI=1S/C12H21N3O2/c1-9(2)5-6-13-10-7-12(17-4)15-11(14-10)8-16-3/h7,9H,5-6,8H2,1-4H3,(H,13,14,15). The Hall–Kier alpha value is -1.36. The van der Waals surface area contributed by atoms with Crippen LogP contribution in [0.2, 0.25) is 0 Å². The number of nitrogens with one attached hydrogen (secondary N) is 1. The highest BCUT2D eigenvalue weighted by molar-refractivity contribution is 5.38. The van der Waals surface area contributed by atoms with Gasteiger partial charge in [0, 0.05) is 19.7 Å². The van der Waals surface area contributed by atoms with Crippen LogP contribution in [0.3, 0.4) is 0 Å². The van der Waals surface area contributed by atoms with Gasteiger partial charge in [0.1, 0.15) is 12.4 Å². The predicted octanol–water partition coefficient (Wildman–Crippen LogP) is 2.09. The second kappa shape index (κ2) is 7.06. The Labute approximate surface area is 103 Å². The Balaban J connectivity index is 2.66. The molecule has 0 saturated carbocycles. The normalized spacial score (nSPS) is 10.6. The quantitative estimate of drug-likeness (QED) is 0.789. The van der Waals surface area contributed by atoms with Crippen LogP contribution in [0.5, 0.6) is 5.88 Å². The van der Waals surface area contributed by atoms with Crippen molar-refractivity contribution in [2.24, 2.45) is 5.92 Å². The molecular formula is C12H21N3O2. The molecule has 5 heteroatoms. The molecule has 1 heterocycles. The van der Waals surface area contributed by atoms with Gasteiger partial charge in [0.05, 0.1) is 7.11 Å². The molecule has 0 aromatic carbocycles. The summed E-state index contributed by atoms with van der Waals surface area (Å²) in [4.78, 5) is 8.53. The highest BCUT2D eigenvalue weighted by Crippen LogP contribution is 2.14. The van der Waals surface area contributed by atoms with Crippen LogP contribution in [0.15, 0.2) is 6.07 Å². The molecule has 0 aliphatic carbocycles. The molecule has 1 N–H and O–H groups in total. The van der Waals surface area contributed by atoms with Crippen molar-refractivity contribution in [2.45, 2.75) is 26.9 Å². The van der Waals surface area contributed by atoms with Crippen LogP contribution in [0, 0.1) is 5.92 Å². The van der Waals surface area contributed by atoms with E-state index < -0.39 is 0 Å². The van der Waals surface area contributed by atoms with E-state index in [2.05, 4.69) is 29.1 Å². The summed E-state index contributed by atoms with van der Waals surface area (Å²) in [5.74, 6) is 2.63. The maximum atomic E-state index is 5.12. The van der Waals surface area contributed by atoms with E-state index in [9.17, 15) is 0 Å². The van der Waals surface area contributed by atoms with E-state index >= 15 is 0 Å². The zero-order valence-electron chi connectivity index (χ0n) is 11.0. The number of hydrogen-bond acceptors (Lipinski definition) is 5. The van der Waals surface area contributed by atoms with Gasteiger partial charge in [-0.2, -0.15) is 4.98 Å². The van der Waals surface area contributed by atoms with Crippen LogP contribution in [0.4, 0.5) is 5.82 Å². The van der Waals surface area contributed by atoms with E-state index in [-0.39, 0.29) is 0 Å². The summed E-state index contributed by atoms with van der Waals surface area (Å²) in [7, 11) is 3.21. The number of rotatable bonds is 7. The van der Waals surface area contributed by atoms with E-state index in [1.807, 2.05) is 0 Å². The predicted molar refractivity (Wildman–Crippen MR) is 67.2 cm³/mol. The summed E-state index contributed by atoms with van der Waals surface area (Å²) in [5.41, 5.74) is 0. The third-order valence-electron chi connectivity index (χ3n) is 2.26. The van der Waals surface area contributed by atoms with Crippen LogP contribution in [-0.4, -0.2) is 30.7 Å². The van der Waals surface area contributed by atoms with Gasteiger partial charge in [-0.15, -0.1) is 0 Å². The molecule has 0 atom stereocenters. The SMILES string of the molecule is COCc1nc(NCCC(C)C)cc(OC)n1.